The predicted octanol–water partition coefficient (Wildman–Crippen LogP) is 3.04. The summed E-state index contributed by atoms with van der Waals surface area (Å²) in [6.45, 7) is 5.49. The van der Waals surface area contributed by atoms with Crippen LogP contribution in [0.4, 0.5) is 0 Å². The second-order valence-electron chi connectivity index (χ2n) is 4.62. The van der Waals surface area contributed by atoms with Crippen molar-refractivity contribution < 1.29 is 4.74 Å². The first kappa shape index (κ1) is 13.0. The second kappa shape index (κ2) is 6.54. The highest BCUT2D eigenvalue weighted by Crippen LogP contribution is 2.18. The molecule has 2 unspecified atom stereocenters. The van der Waals surface area contributed by atoms with Crippen molar-refractivity contribution in [2.75, 3.05) is 20.6 Å². The van der Waals surface area contributed by atoms with Crippen molar-refractivity contribution in [3.63, 3.8) is 0 Å². The molecule has 2 atom stereocenters. The Morgan fingerprint density at radius 3 is 2.31 bits per heavy atom. The molecule has 2 heteroatoms. The molecule has 0 spiro atoms. The Balaban J connectivity index is 2.55. The molecule has 0 fully saturated rings. The first-order chi connectivity index (χ1) is 7.63. The van der Waals surface area contributed by atoms with Crippen LogP contribution < -0.4 is 4.74 Å². The molecule has 0 bridgehead atoms. The van der Waals surface area contributed by atoms with Gasteiger partial charge in [0.1, 0.15) is 11.9 Å². The summed E-state index contributed by atoms with van der Waals surface area (Å²) in [7, 11) is 4.21. The molecular formula is C14H23NO. The van der Waals surface area contributed by atoms with Crippen LogP contribution in [0.15, 0.2) is 30.3 Å². The molecule has 0 saturated carbocycles. The fourth-order valence-electron chi connectivity index (χ4n) is 1.97. The minimum Gasteiger partial charge on any atom is -0.490 e. The molecule has 1 rings (SSSR count). The normalized spacial score (nSPS) is 14.8. The number of hydrogen-bond donors (Lipinski definition) is 0. The third kappa shape index (κ3) is 4.23. The Hall–Kier alpha value is -1.02. The van der Waals surface area contributed by atoms with Gasteiger partial charge in [-0.1, -0.05) is 32.0 Å². The van der Waals surface area contributed by atoms with E-state index in [4.69, 9.17) is 4.74 Å². The first-order valence-electron chi connectivity index (χ1n) is 6.00. The molecule has 0 aromatic heterocycles. The van der Waals surface area contributed by atoms with Crippen LogP contribution in [-0.2, 0) is 0 Å². The summed E-state index contributed by atoms with van der Waals surface area (Å²) < 4.78 is 6.00. The van der Waals surface area contributed by atoms with Gasteiger partial charge in [0, 0.05) is 12.5 Å². The van der Waals surface area contributed by atoms with Crippen molar-refractivity contribution in [1.82, 2.24) is 4.90 Å². The van der Waals surface area contributed by atoms with Crippen LogP contribution in [0.3, 0.4) is 0 Å². The van der Waals surface area contributed by atoms with E-state index in [-0.39, 0.29) is 0 Å². The fraction of sp³-hybridized carbons (Fsp3) is 0.571. The summed E-state index contributed by atoms with van der Waals surface area (Å²) in [5, 5.41) is 0. The quantitative estimate of drug-likeness (QED) is 0.732. The van der Waals surface area contributed by atoms with E-state index in [0.717, 1.165) is 18.7 Å². The molecule has 2 nitrogen and oxygen atoms in total. The van der Waals surface area contributed by atoms with Crippen LogP contribution in [0.25, 0.3) is 0 Å². The van der Waals surface area contributed by atoms with E-state index in [2.05, 4.69) is 32.8 Å². The predicted molar refractivity (Wildman–Crippen MR) is 68.9 cm³/mol. The van der Waals surface area contributed by atoms with E-state index >= 15 is 0 Å². The van der Waals surface area contributed by atoms with Crippen molar-refractivity contribution >= 4 is 0 Å². The molecule has 0 aliphatic carbocycles. The molecule has 0 N–H and O–H groups in total. The van der Waals surface area contributed by atoms with Gasteiger partial charge in [0.05, 0.1) is 0 Å². The largest absolute Gasteiger partial charge is 0.490 e. The Morgan fingerprint density at radius 1 is 1.19 bits per heavy atom. The van der Waals surface area contributed by atoms with Crippen molar-refractivity contribution in [2.24, 2.45) is 5.92 Å². The van der Waals surface area contributed by atoms with Crippen molar-refractivity contribution in [1.29, 1.82) is 0 Å². The van der Waals surface area contributed by atoms with Crippen LogP contribution in [0.1, 0.15) is 20.3 Å². The number of rotatable bonds is 6. The summed E-state index contributed by atoms with van der Waals surface area (Å²) in [5.74, 6) is 1.51. The molecule has 0 aliphatic heterocycles. The maximum Gasteiger partial charge on any atom is 0.119 e. The molecule has 0 radical (unpaired) electrons. The summed E-state index contributed by atoms with van der Waals surface area (Å²) in [6, 6.07) is 10.1. The minimum absolute atomic E-state index is 0.296. The first-order valence-corrected chi connectivity index (χ1v) is 6.00. The fourth-order valence-corrected chi connectivity index (χ4v) is 1.97. The SMILES string of the molecule is CCC(Oc1ccccc1)C(C)CN(C)C. The average Bonchev–Trinajstić information content (AvgIpc) is 2.26. The number of benzene rings is 1. The lowest BCUT2D eigenvalue weighted by Crippen LogP contribution is -2.32. The van der Waals surface area contributed by atoms with Gasteiger partial charge in [-0.2, -0.15) is 0 Å². The summed E-state index contributed by atoms with van der Waals surface area (Å²) in [6.07, 6.45) is 1.34. The zero-order valence-electron chi connectivity index (χ0n) is 10.8. The maximum atomic E-state index is 6.00. The van der Waals surface area contributed by atoms with Crippen LogP contribution in [0.5, 0.6) is 5.75 Å². The Bertz CT molecular complexity index is 284. The van der Waals surface area contributed by atoms with Crippen molar-refractivity contribution in [2.45, 2.75) is 26.4 Å². The van der Waals surface area contributed by atoms with E-state index in [1.54, 1.807) is 0 Å². The summed E-state index contributed by atoms with van der Waals surface area (Å²) in [5.41, 5.74) is 0. The van der Waals surface area contributed by atoms with Crippen molar-refractivity contribution in [3.8, 4) is 5.75 Å². The maximum absolute atomic E-state index is 6.00. The van der Waals surface area contributed by atoms with Crippen LogP contribution in [0.2, 0.25) is 0 Å². The lowest BCUT2D eigenvalue weighted by Gasteiger charge is -2.26. The van der Waals surface area contributed by atoms with Crippen LogP contribution >= 0.6 is 0 Å². The van der Waals surface area contributed by atoms with E-state index in [1.807, 2.05) is 30.3 Å². The van der Waals surface area contributed by atoms with Crippen LogP contribution in [-0.4, -0.2) is 31.6 Å². The molecule has 0 saturated heterocycles. The van der Waals surface area contributed by atoms with E-state index in [9.17, 15) is 0 Å². The molecule has 16 heavy (non-hydrogen) atoms. The van der Waals surface area contributed by atoms with Crippen molar-refractivity contribution in [3.05, 3.63) is 30.3 Å². The Morgan fingerprint density at radius 2 is 1.81 bits per heavy atom. The van der Waals surface area contributed by atoms with E-state index in [1.165, 1.54) is 0 Å². The molecule has 1 aromatic rings. The number of hydrogen-bond acceptors (Lipinski definition) is 2. The van der Waals surface area contributed by atoms with E-state index in [0.29, 0.717) is 12.0 Å². The van der Waals surface area contributed by atoms with Gasteiger partial charge >= 0.3 is 0 Å². The van der Waals surface area contributed by atoms with Gasteiger partial charge < -0.3 is 9.64 Å². The Kier molecular flexibility index (Phi) is 5.33. The molecule has 0 amide bonds. The van der Waals surface area contributed by atoms with Gasteiger partial charge in [-0.15, -0.1) is 0 Å². The minimum atomic E-state index is 0.296. The van der Waals surface area contributed by atoms with Gasteiger partial charge in [0.25, 0.3) is 0 Å². The molecular weight excluding hydrogens is 198 g/mol. The van der Waals surface area contributed by atoms with Gasteiger partial charge in [-0.3, -0.25) is 0 Å². The van der Waals surface area contributed by atoms with Gasteiger partial charge in [0.15, 0.2) is 0 Å². The number of para-hydroxylation sites is 1. The van der Waals surface area contributed by atoms with Gasteiger partial charge in [0.2, 0.25) is 0 Å². The highest BCUT2D eigenvalue weighted by Gasteiger charge is 2.17. The molecule has 0 aliphatic rings. The lowest BCUT2D eigenvalue weighted by atomic mass is 10.0. The topological polar surface area (TPSA) is 12.5 Å². The molecule has 1 aromatic carbocycles. The number of ether oxygens (including phenoxy) is 1. The molecule has 0 heterocycles. The van der Waals surface area contributed by atoms with Gasteiger partial charge in [-0.25, -0.2) is 0 Å². The summed E-state index contributed by atoms with van der Waals surface area (Å²) in [4.78, 5) is 2.21. The average molecular weight is 221 g/mol. The highest BCUT2D eigenvalue weighted by atomic mass is 16.5. The second-order valence-corrected chi connectivity index (χ2v) is 4.62. The zero-order valence-corrected chi connectivity index (χ0v) is 10.8. The van der Waals surface area contributed by atoms with Crippen LogP contribution in [0, 0.1) is 5.92 Å². The monoisotopic (exact) mass is 221 g/mol. The number of nitrogens with zero attached hydrogens (tertiary/aromatic N) is 1. The molecule has 90 valence electrons. The smallest absolute Gasteiger partial charge is 0.119 e. The third-order valence-corrected chi connectivity index (χ3v) is 2.72. The van der Waals surface area contributed by atoms with E-state index < -0.39 is 0 Å². The third-order valence-electron chi connectivity index (χ3n) is 2.72. The summed E-state index contributed by atoms with van der Waals surface area (Å²) >= 11 is 0. The van der Waals surface area contributed by atoms with Gasteiger partial charge in [-0.05, 0) is 32.6 Å². The standard InChI is InChI=1S/C14H23NO/c1-5-14(12(2)11-15(3)4)16-13-9-7-6-8-10-13/h6-10,12,14H,5,11H2,1-4H3. The Labute approximate surface area is 99.2 Å². The highest BCUT2D eigenvalue weighted by molar-refractivity contribution is 5.21. The lowest BCUT2D eigenvalue weighted by molar-refractivity contribution is 0.119. The zero-order chi connectivity index (χ0) is 12.0.